The molecule has 0 fully saturated rings. The number of nitrogens with one attached hydrogen (secondary N) is 1. The van der Waals surface area contributed by atoms with Crippen LogP contribution in [0.3, 0.4) is 0 Å². The first kappa shape index (κ1) is 24.4. The number of methoxy groups -OCH3 is 3. The van der Waals surface area contributed by atoms with Gasteiger partial charge in [-0.05, 0) is 35.7 Å². The van der Waals surface area contributed by atoms with Gasteiger partial charge in [0.1, 0.15) is 5.92 Å². The summed E-state index contributed by atoms with van der Waals surface area (Å²) in [6.07, 6.45) is -0.0978. The minimum atomic E-state index is -1.12. The van der Waals surface area contributed by atoms with Gasteiger partial charge in [0.15, 0.2) is 11.5 Å². The second-order valence-electron chi connectivity index (χ2n) is 7.30. The summed E-state index contributed by atoms with van der Waals surface area (Å²) in [5.41, 5.74) is 1.40. The number of hydrogen-bond acceptors (Lipinski definition) is 6. The summed E-state index contributed by atoms with van der Waals surface area (Å²) < 4.78 is 15.4. The van der Waals surface area contributed by atoms with Crippen LogP contribution < -0.4 is 14.8 Å². The average Bonchev–Trinajstić information content (AvgIpc) is 2.82. The third kappa shape index (κ3) is 4.75. The van der Waals surface area contributed by atoms with E-state index in [0.29, 0.717) is 46.6 Å². The van der Waals surface area contributed by atoms with Crippen molar-refractivity contribution in [3.8, 4) is 11.5 Å². The van der Waals surface area contributed by atoms with Gasteiger partial charge in [-0.2, -0.15) is 0 Å². The summed E-state index contributed by atoms with van der Waals surface area (Å²) in [6.45, 7) is 0.304. The van der Waals surface area contributed by atoms with E-state index in [9.17, 15) is 19.5 Å². The predicted molar refractivity (Wildman–Crippen MR) is 125 cm³/mol. The van der Waals surface area contributed by atoms with Crippen LogP contribution in [0.1, 0.15) is 39.9 Å². The molecule has 1 aliphatic rings. The molecule has 10 heteroatoms. The molecule has 0 saturated carbocycles. The number of carbonyl (C=O) groups excluding carboxylic acids is 2. The predicted octanol–water partition coefficient (Wildman–Crippen LogP) is 4.03. The molecule has 9 nitrogen and oxygen atoms in total. The van der Waals surface area contributed by atoms with Gasteiger partial charge in [0, 0.05) is 23.1 Å². The number of halogens is 1. The van der Waals surface area contributed by atoms with Crippen LogP contribution in [0.5, 0.6) is 11.5 Å². The Bertz CT molecular complexity index is 1060. The molecule has 0 saturated heterocycles. The first-order chi connectivity index (χ1) is 15.9. The monoisotopic (exact) mass is 520 g/mol. The van der Waals surface area contributed by atoms with Gasteiger partial charge in [0.05, 0.1) is 27.4 Å². The number of amides is 2. The van der Waals surface area contributed by atoms with E-state index in [1.54, 1.807) is 24.3 Å². The largest absolute Gasteiger partial charge is 0.493 e. The van der Waals surface area contributed by atoms with Crippen molar-refractivity contribution in [1.29, 1.82) is 0 Å². The molecule has 0 radical (unpaired) electrons. The Kier molecular flexibility index (Phi) is 7.80. The number of carboxylic acids is 1. The molecule has 0 bridgehead atoms. The normalized spacial score (nSPS) is 17.2. The number of carboxylic acid groups (broad SMARTS) is 1. The van der Waals surface area contributed by atoms with E-state index in [1.165, 1.54) is 38.4 Å². The van der Waals surface area contributed by atoms with Crippen molar-refractivity contribution in [1.82, 2.24) is 4.90 Å². The summed E-state index contributed by atoms with van der Waals surface area (Å²) in [4.78, 5) is 39.7. The van der Waals surface area contributed by atoms with Crippen LogP contribution in [-0.2, 0) is 9.53 Å². The van der Waals surface area contributed by atoms with Gasteiger partial charge in [-0.1, -0.05) is 34.1 Å². The number of hydrogen-bond donors (Lipinski definition) is 2. The Balaban J connectivity index is 2.26. The van der Waals surface area contributed by atoms with Crippen molar-refractivity contribution in [2.75, 3.05) is 38.5 Å². The van der Waals surface area contributed by atoms with Crippen LogP contribution in [0, 0.1) is 0 Å². The quantitative estimate of drug-likeness (QED) is 0.504. The number of fused-ring (bicyclic) bond motifs is 1. The van der Waals surface area contributed by atoms with E-state index in [1.807, 2.05) is 0 Å². The average molecular weight is 521 g/mol. The molecule has 0 unspecified atom stereocenters. The molecular formula is C23H25BrN2O7. The maximum Gasteiger partial charge on any atom is 0.411 e. The number of alkyl halides is 1. The molecule has 1 heterocycles. The Morgan fingerprint density at radius 2 is 1.76 bits per heavy atom. The van der Waals surface area contributed by atoms with E-state index >= 15 is 0 Å². The van der Waals surface area contributed by atoms with Crippen molar-refractivity contribution in [3.63, 3.8) is 0 Å². The van der Waals surface area contributed by atoms with Crippen molar-refractivity contribution in [2.45, 2.75) is 18.4 Å². The lowest BCUT2D eigenvalue weighted by Gasteiger charge is -2.41. The van der Waals surface area contributed by atoms with Gasteiger partial charge in [0.25, 0.3) is 5.91 Å². The van der Waals surface area contributed by atoms with Crippen LogP contribution in [-0.4, -0.2) is 61.2 Å². The standard InChI is InChI=1S/C23H25BrN2O7/c1-31-17-11-14-15(12-18(17)32-2)21(27)26(10-6-9-24)20(19(14)22(28)29)13-7-4-5-8-16(13)25-23(30)33-3/h4-5,7-8,11-12,19-20H,6,9-10H2,1-3H3,(H,25,30)(H,28,29)/t19-,20-/m1/s1. The van der Waals surface area contributed by atoms with E-state index < -0.39 is 24.0 Å². The summed E-state index contributed by atoms with van der Waals surface area (Å²) in [6, 6.07) is 8.95. The van der Waals surface area contributed by atoms with Crippen LogP contribution in [0.25, 0.3) is 0 Å². The number of nitrogens with zero attached hydrogens (tertiary/aromatic N) is 1. The molecule has 1 aliphatic heterocycles. The molecule has 2 aromatic rings. The van der Waals surface area contributed by atoms with Crippen molar-refractivity contribution in [2.24, 2.45) is 0 Å². The second kappa shape index (κ2) is 10.6. The Morgan fingerprint density at radius 3 is 2.36 bits per heavy atom. The molecular weight excluding hydrogens is 496 g/mol. The molecule has 0 aromatic heterocycles. The molecule has 0 aliphatic carbocycles. The Hall–Kier alpha value is -3.27. The molecule has 33 heavy (non-hydrogen) atoms. The highest BCUT2D eigenvalue weighted by atomic mass is 79.9. The number of benzene rings is 2. The number of anilines is 1. The Morgan fingerprint density at radius 1 is 1.09 bits per heavy atom. The third-order valence-corrected chi connectivity index (χ3v) is 6.09. The summed E-state index contributed by atoms with van der Waals surface area (Å²) in [5, 5.41) is 13.6. The molecule has 3 rings (SSSR count). The van der Waals surface area contributed by atoms with Crippen molar-refractivity contribution < 1.29 is 33.7 Å². The fourth-order valence-corrected chi connectivity index (χ4v) is 4.34. The van der Waals surface area contributed by atoms with Gasteiger partial charge >= 0.3 is 12.1 Å². The summed E-state index contributed by atoms with van der Waals surface area (Å²) in [5.74, 6) is -1.90. The number of carbonyl (C=O) groups is 3. The van der Waals surface area contributed by atoms with E-state index in [-0.39, 0.29) is 11.5 Å². The van der Waals surface area contributed by atoms with Gasteiger partial charge in [0.2, 0.25) is 0 Å². The van der Waals surface area contributed by atoms with Crippen LogP contribution >= 0.6 is 15.9 Å². The SMILES string of the molecule is COC(=O)Nc1ccccc1[C@@H]1[C@H](C(=O)O)c2cc(OC)c(OC)cc2C(=O)N1CCCBr. The number of rotatable bonds is 8. The minimum Gasteiger partial charge on any atom is -0.493 e. The highest BCUT2D eigenvalue weighted by molar-refractivity contribution is 9.09. The first-order valence-corrected chi connectivity index (χ1v) is 11.3. The number of aliphatic carboxylic acids is 1. The first-order valence-electron chi connectivity index (χ1n) is 10.2. The highest BCUT2D eigenvalue weighted by Gasteiger charge is 2.45. The number of para-hydroxylation sites is 1. The fourth-order valence-electron chi connectivity index (χ4n) is 4.08. The van der Waals surface area contributed by atoms with E-state index in [0.717, 1.165) is 0 Å². The lowest BCUT2D eigenvalue weighted by atomic mass is 9.79. The van der Waals surface area contributed by atoms with Gasteiger partial charge in [-0.15, -0.1) is 0 Å². The molecule has 2 aromatic carbocycles. The van der Waals surface area contributed by atoms with Crippen LogP contribution in [0.15, 0.2) is 36.4 Å². The van der Waals surface area contributed by atoms with Crippen molar-refractivity contribution in [3.05, 3.63) is 53.1 Å². The molecule has 2 N–H and O–H groups in total. The molecule has 2 atom stereocenters. The lowest BCUT2D eigenvalue weighted by molar-refractivity contribution is -0.140. The topological polar surface area (TPSA) is 114 Å². The summed E-state index contributed by atoms with van der Waals surface area (Å²) in [7, 11) is 4.13. The molecule has 0 spiro atoms. The third-order valence-electron chi connectivity index (χ3n) is 5.53. The smallest absolute Gasteiger partial charge is 0.411 e. The zero-order valence-electron chi connectivity index (χ0n) is 18.5. The zero-order valence-corrected chi connectivity index (χ0v) is 20.0. The van der Waals surface area contributed by atoms with Crippen molar-refractivity contribution >= 4 is 39.6 Å². The lowest BCUT2D eigenvalue weighted by Crippen LogP contribution is -2.45. The van der Waals surface area contributed by atoms with Gasteiger partial charge in [-0.25, -0.2) is 4.79 Å². The molecule has 176 valence electrons. The van der Waals surface area contributed by atoms with Crippen LogP contribution in [0.4, 0.5) is 10.5 Å². The highest BCUT2D eigenvalue weighted by Crippen LogP contribution is 2.47. The zero-order chi connectivity index (χ0) is 24.1. The summed E-state index contributed by atoms with van der Waals surface area (Å²) >= 11 is 3.38. The number of ether oxygens (including phenoxy) is 3. The maximum atomic E-state index is 13.6. The molecule has 2 amide bonds. The maximum absolute atomic E-state index is 13.6. The van der Waals surface area contributed by atoms with Crippen LogP contribution in [0.2, 0.25) is 0 Å². The second-order valence-corrected chi connectivity index (χ2v) is 8.09. The van der Waals surface area contributed by atoms with E-state index in [2.05, 4.69) is 21.2 Å². The van der Waals surface area contributed by atoms with Gasteiger partial charge in [-0.3, -0.25) is 14.9 Å². The minimum absolute atomic E-state index is 0.240. The van der Waals surface area contributed by atoms with Gasteiger partial charge < -0.3 is 24.2 Å². The van der Waals surface area contributed by atoms with E-state index in [4.69, 9.17) is 14.2 Å². The fraction of sp³-hybridized carbons (Fsp3) is 0.348. The Labute approximate surface area is 199 Å².